The van der Waals surface area contributed by atoms with E-state index >= 15 is 0 Å². The maximum absolute atomic E-state index is 4.28. The van der Waals surface area contributed by atoms with E-state index in [0.29, 0.717) is 0 Å². The zero-order chi connectivity index (χ0) is 11.1. The highest BCUT2D eigenvalue weighted by Gasteiger charge is 2.00. The van der Waals surface area contributed by atoms with E-state index in [-0.39, 0.29) is 24.0 Å². The number of nitrogens with zero attached hydrogens (tertiary/aromatic N) is 2. The summed E-state index contributed by atoms with van der Waals surface area (Å²) in [5, 5.41) is 7.52. The van der Waals surface area contributed by atoms with Crippen molar-refractivity contribution in [1.29, 1.82) is 0 Å². The number of hydrogen-bond acceptors (Lipinski definition) is 3. The van der Waals surface area contributed by atoms with Crippen LogP contribution in [0.25, 0.3) is 0 Å². The van der Waals surface area contributed by atoms with Crippen molar-refractivity contribution in [2.24, 2.45) is 4.99 Å². The second-order valence-corrected chi connectivity index (χ2v) is 4.54. The fourth-order valence-corrected chi connectivity index (χ4v) is 1.83. The molecule has 0 spiro atoms. The molecule has 0 unspecified atom stereocenters. The van der Waals surface area contributed by atoms with Gasteiger partial charge in [0, 0.05) is 24.7 Å². The summed E-state index contributed by atoms with van der Waals surface area (Å²) in [5.41, 5.74) is 0. The molecule has 0 amide bonds. The molecule has 92 valence electrons. The minimum absolute atomic E-state index is 0. The minimum atomic E-state index is 0. The lowest BCUT2D eigenvalue weighted by Gasteiger charge is -2.09. The third kappa shape index (κ3) is 5.64. The molecule has 0 radical (unpaired) electrons. The summed E-state index contributed by atoms with van der Waals surface area (Å²) >= 11 is 1.71. The number of aromatic nitrogens is 1. The van der Waals surface area contributed by atoms with Crippen molar-refractivity contribution in [3.05, 3.63) is 16.1 Å². The maximum Gasteiger partial charge on any atom is 0.191 e. The van der Waals surface area contributed by atoms with Gasteiger partial charge in [-0.2, -0.15) is 0 Å². The predicted molar refractivity (Wildman–Crippen MR) is 80.8 cm³/mol. The Balaban J connectivity index is 0.00000225. The van der Waals surface area contributed by atoms with E-state index in [9.17, 15) is 0 Å². The van der Waals surface area contributed by atoms with Gasteiger partial charge in [-0.1, -0.05) is 6.92 Å². The largest absolute Gasteiger partial charge is 0.356 e. The normalized spacial score (nSPS) is 10.8. The highest BCUT2D eigenvalue weighted by atomic mass is 127. The Morgan fingerprint density at radius 3 is 2.75 bits per heavy atom. The van der Waals surface area contributed by atoms with Crippen molar-refractivity contribution >= 4 is 41.3 Å². The van der Waals surface area contributed by atoms with Crippen LogP contribution >= 0.6 is 35.3 Å². The van der Waals surface area contributed by atoms with E-state index in [1.807, 2.05) is 6.20 Å². The molecular formula is C10H19IN4S. The maximum atomic E-state index is 4.28. The smallest absolute Gasteiger partial charge is 0.191 e. The van der Waals surface area contributed by atoms with Gasteiger partial charge in [0.15, 0.2) is 5.96 Å². The number of guanidine groups is 1. The monoisotopic (exact) mass is 354 g/mol. The molecule has 0 aromatic carbocycles. The molecule has 0 aliphatic rings. The van der Waals surface area contributed by atoms with Gasteiger partial charge in [0.25, 0.3) is 0 Å². The fraction of sp³-hybridized carbons (Fsp3) is 0.600. The molecule has 0 saturated carbocycles. The lowest BCUT2D eigenvalue weighted by atomic mass is 10.5. The summed E-state index contributed by atoms with van der Waals surface area (Å²) in [6, 6.07) is 0. The van der Waals surface area contributed by atoms with E-state index in [4.69, 9.17) is 0 Å². The molecule has 1 aromatic heterocycles. The van der Waals surface area contributed by atoms with Crippen LogP contribution in [0.1, 0.15) is 23.2 Å². The lowest BCUT2D eigenvalue weighted by molar-refractivity contribution is 0.779. The first-order chi connectivity index (χ1) is 7.26. The van der Waals surface area contributed by atoms with Crippen LogP contribution in [0.2, 0.25) is 0 Å². The summed E-state index contributed by atoms with van der Waals surface area (Å²) in [7, 11) is 1.78. The van der Waals surface area contributed by atoms with Crippen LogP contribution in [0, 0.1) is 6.92 Å². The van der Waals surface area contributed by atoms with Gasteiger partial charge < -0.3 is 10.6 Å². The average Bonchev–Trinajstić information content (AvgIpc) is 2.65. The lowest BCUT2D eigenvalue weighted by Crippen LogP contribution is -2.37. The van der Waals surface area contributed by atoms with E-state index in [0.717, 1.165) is 30.5 Å². The molecule has 1 rings (SSSR count). The number of halogens is 1. The van der Waals surface area contributed by atoms with Gasteiger partial charge in [0.2, 0.25) is 0 Å². The van der Waals surface area contributed by atoms with Crippen molar-refractivity contribution in [3.63, 3.8) is 0 Å². The van der Waals surface area contributed by atoms with Crippen molar-refractivity contribution < 1.29 is 0 Å². The predicted octanol–water partition coefficient (Wildman–Crippen LogP) is 2.14. The van der Waals surface area contributed by atoms with Crippen LogP contribution in [0.15, 0.2) is 11.2 Å². The third-order valence-electron chi connectivity index (χ3n) is 1.84. The Morgan fingerprint density at radius 1 is 1.50 bits per heavy atom. The minimum Gasteiger partial charge on any atom is -0.356 e. The van der Waals surface area contributed by atoms with Gasteiger partial charge in [0.1, 0.15) is 5.01 Å². The topological polar surface area (TPSA) is 49.3 Å². The standard InChI is InChI=1S/C10H18N4S.HI/c1-4-5-12-10(11-3)14-7-9-13-6-8(2)15-9;/h6H,4-5,7H2,1-3H3,(H2,11,12,14);1H. The van der Waals surface area contributed by atoms with E-state index in [1.54, 1.807) is 18.4 Å². The summed E-state index contributed by atoms with van der Waals surface area (Å²) < 4.78 is 0. The van der Waals surface area contributed by atoms with Crippen LogP contribution in [0.4, 0.5) is 0 Å². The highest BCUT2D eigenvalue weighted by molar-refractivity contribution is 14.0. The van der Waals surface area contributed by atoms with Crippen molar-refractivity contribution in [2.45, 2.75) is 26.8 Å². The Hall–Kier alpha value is -0.370. The second kappa shape index (κ2) is 8.74. The molecule has 16 heavy (non-hydrogen) atoms. The summed E-state index contributed by atoms with van der Waals surface area (Å²) in [5.74, 6) is 0.838. The Kier molecular flexibility index (Phi) is 8.54. The Bertz CT molecular complexity index is 324. The Morgan fingerprint density at radius 2 is 2.25 bits per heavy atom. The molecule has 0 aliphatic heterocycles. The average molecular weight is 354 g/mol. The molecule has 0 fully saturated rings. The van der Waals surface area contributed by atoms with E-state index < -0.39 is 0 Å². The number of rotatable bonds is 4. The fourth-order valence-electron chi connectivity index (χ4n) is 1.11. The third-order valence-corrected chi connectivity index (χ3v) is 2.76. The van der Waals surface area contributed by atoms with Gasteiger partial charge in [-0.25, -0.2) is 4.98 Å². The van der Waals surface area contributed by atoms with Gasteiger partial charge in [-0.3, -0.25) is 4.99 Å². The van der Waals surface area contributed by atoms with Crippen LogP contribution in [0.5, 0.6) is 0 Å². The molecule has 0 saturated heterocycles. The number of thiazole rings is 1. The summed E-state index contributed by atoms with van der Waals surface area (Å²) in [6.07, 6.45) is 2.99. The Labute approximate surface area is 118 Å². The number of aryl methyl sites for hydroxylation is 1. The summed E-state index contributed by atoms with van der Waals surface area (Å²) in [6.45, 7) is 5.87. The van der Waals surface area contributed by atoms with Crippen molar-refractivity contribution in [3.8, 4) is 0 Å². The molecule has 1 heterocycles. The van der Waals surface area contributed by atoms with Crippen LogP contribution < -0.4 is 10.6 Å². The van der Waals surface area contributed by atoms with Crippen LogP contribution in [0.3, 0.4) is 0 Å². The van der Waals surface area contributed by atoms with Gasteiger partial charge in [-0.05, 0) is 13.3 Å². The first kappa shape index (κ1) is 15.6. The molecule has 0 aliphatic carbocycles. The molecule has 4 nitrogen and oxygen atoms in total. The van der Waals surface area contributed by atoms with Gasteiger partial charge >= 0.3 is 0 Å². The van der Waals surface area contributed by atoms with Crippen molar-refractivity contribution in [2.75, 3.05) is 13.6 Å². The quantitative estimate of drug-likeness (QED) is 0.495. The van der Waals surface area contributed by atoms with Crippen LogP contribution in [-0.4, -0.2) is 24.5 Å². The van der Waals surface area contributed by atoms with Crippen LogP contribution in [-0.2, 0) is 6.54 Å². The zero-order valence-electron chi connectivity index (χ0n) is 9.91. The first-order valence-electron chi connectivity index (χ1n) is 5.12. The SMILES string of the molecule is CCCNC(=NC)NCc1ncc(C)s1.I. The number of aliphatic imine (C=N–C) groups is 1. The van der Waals surface area contributed by atoms with Crippen molar-refractivity contribution in [1.82, 2.24) is 15.6 Å². The second-order valence-electron chi connectivity index (χ2n) is 3.22. The molecule has 2 N–H and O–H groups in total. The van der Waals surface area contributed by atoms with E-state index in [2.05, 4.69) is 34.5 Å². The molecule has 6 heteroatoms. The van der Waals surface area contributed by atoms with Gasteiger partial charge in [0.05, 0.1) is 6.54 Å². The molecule has 1 aromatic rings. The first-order valence-corrected chi connectivity index (χ1v) is 5.93. The molecular weight excluding hydrogens is 335 g/mol. The molecule has 0 bridgehead atoms. The number of nitrogens with one attached hydrogen (secondary N) is 2. The summed E-state index contributed by atoms with van der Waals surface area (Å²) in [4.78, 5) is 9.63. The van der Waals surface area contributed by atoms with Gasteiger partial charge in [-0.15, -0.1) is 35.3 Å². The number of hydrogen-bond donors (Lipinski definition) is 2. The highest BCUT2D eigenvalue weighted by Crippen LogP contribution is 2.10. The van der Waals surface area contributed by atoms with E-state index in [1.165, 1.54) is 4.88 Å². The molecule has 0 atom stereocenters. The zero-order valence-corrected chi connectivity index (χ0v) is 13.1.